The zero-order chi connectivity index (χ0) is 43.5. The fourth-order valence-corrected chi connectivity index (χ4v) is 7.74. The average molecular weight is 926 g/mol. The third kappa shape index (κ3) is 15.8. The second-order valence-electron chi connectivity index (χ2n) is 11.0. The maximum Gasteiger partial charge on any atom is 0.425 e. The third-order valence-corrected chi connectivity index (χ3v) is 10.8. The number of hydrogen-bond acceptors (Lipinski definition) is 22. The van der Waals surface area contributed by atoms with Crippen LogP contribution in [0.5, 0.6) is 0 Å². The van der Waals surface area contributed by atoms with Gasteiger partial charge < -0.3 is 20.4 Å². The zero-order valence-corrected chi connectivity index (χ0v) is 37.0. The Balaban J connectivity index is 0.00000107. The molecule has 0 aliphatic carbocycles. The van der Waals surface area contributed by atoms with Gasteiger partial charge in [-0.1, -0.05) is 18.7 Å². The summed E-state index contributed by atoms with van der Waals surface area (Å²) < 4.78 is 84.0. The number of rotatable bonds is 17. The molecule has 59 heavy (non-hydrogen) atoms. The first-order chi connectivity index (χ1) is 28.1. The fourth-order valence-electron chi connectivity index (χ4n) is 4.98. The topological polar surface area (TPSA) is 275 Å². The highest BCUT2D eigenvalue weighted by molar-refractivity contribution is 7.99. The zero-order valence-electron chi connectivity index (χ0n) is 32.1. The summed E-state index contributed by atoms with van der Waals surface area (Å²) >= 11 is 4.02. The average Bonchev–Trinajstić information content (AvgIpc) is 3.88. The first-order valence-corrected chi connectivity index (χ1v) is 23.5. The van der Waals surface area contributed by atoms with Crippen molar-refractivity contribution in [3.05, 3.63) is 65.4 Å². The third-order valence-electron chi connectivity index (χ3n) is 7.50. The van der Waals surface area contributed by atoms with E-state index in [0.717, 1.165) is 59.6 Å². The number of hydrogen-bond donors (Lipinski definition) is 3. The van der Waals surface area contributed by atoms with Gasteiger partial charge in [0.25, 0.3) is 10.1 Å². The first kappa shape index (κ1) is 48.1. The number of thiophene rings is 2. The standard InChI is InChI=1S/C33H39N11O3S4.2O3S/c1-6-43(7-2)22-13-15-24(39-41-29-12-11-18-49-29)26(20-22)34-31-36-32(38-33(37-31)48-10-5)35-27-21-23(44(8-3)9-4)14-16-25(27)40-42-30-28(17-19-50-30)51(45,46)47;2*1-4(2)3/h11-21H,6-10H2,1-5H3,(H,45,46,47)(H2,34,35,36,37,38);;. The van der Waals surface area contributed by atoms with Gasteiger partial charge in [0.15, 0.2) is 10.2 Å². The minimum absolute atomic E-state index is 0.0588. The van der Waals surface area contributed by atoms with Crippen molar-refractivity contribution >= 4 is 122 Å². The SMILES string of the molecule is CCSc1nc(Nc2cc(N(CC)CC)ccc2N=Nc2cccs2)nc(Nc2cc(N(CC)CC)ccc2N=Nc2sccc2S(=O)(=O)O)n1.O=S(=O)=O.O=S(=O)=O. The number of nitrogens with one attached hydrogen (secondary N) is 2. The lowest BCUT2D eigenvalue weighted by Crippen LogP contribution is -2.21. The predicted molar refractivity (Wildman–Crippen MR) is 229 cm³/mol. The van der Waals surface area contributed by atoms with Crippen LogP contribution in [0.25, 0.3) is 0 Å². The number of thioether (sulfide) groups is 1. The molecule has 0 saturated carbocycles. The predicted octanol–water partition coefficient (Wildman–Crippen LogP) is 8.36. The summed E-state index contributed by atoms with van der Waals surface area (Å²) in [6, 6.07) is 16.7. The van der Waals surface area contributed by atoms with Gasteiger partial charge in [-0.25, -0.2) is 0 Å². The maximum atomic E-state index is 11.9. The molecule has 26 heteroatoms. The molecular weight excluding hydrogens is 887 g/mol. The monoisotopic (exact) mass is 925 g/mol. The van der Waals surface area contributed by atoms with E-state index in [0.29, 0.717) is 33.9 Å². The molecule has 0 fully saturated rings. The van der Waals surface area contributed by atoms with Crippen LogP contribution in [0, 0.1) is 0 Å². The van der Waals surface area contributed by atoms with E-state index in [4.69, 9.17) is 35.2 Å². The van der Waals surface area contributed by atoms with Crippen molar-refractivity contribution in [3.8, 4) is 0 Å². The second-order valence-corrected chi connectivity index (χ2v) is 16.3. The van der Waals surface area contributed by atoms with E-state index in [2.05, 4.69) is 73.6 Å². The highest BCUT2D eigenvalue weighted by Gasteiger charge is 2.18. The number of benzene rings is 2. The molecule has 3 N–H and O–H groups in total. The summed E-state index contributed by atoms with van der Waals surface area (Å²) in [6.45, 7) is 13.6. The van der Waals surface area contributed by atoms with Gasteiger partial charge in [-0.15, -0.1) is 68.4 Å². The van der Waals surface area contributed by atoms with E-state index in [1.807, 2.05) is 54.8 Å². The number of aromatic nitrogens is 3. The van der Waals surface area contributed by atoms with Gasteiger partial charge in [0.1, 0.15) is 21.3 Å². The molecule has 5 aromatic rings. The van der Waals surface area contributed by atoms with Gasteiger partial charge in [-0.3, -0.25) is 4.55 Å². The highest BCUT2D eigenvalue weighted by Crippen LogP contribution is 2.38. The quantitative estimate of drug-likeness (QED) is 0.0449. The van der Waals surface area contributed by atoms with Crippen LogP contribution >= 0.6 is 34.4 Å². The second kappa shape index (κ2) is 24.0. The van der Waals surface area contributed by atoms with Crippen LogP contribution in [0.1, 0.15) is 34.6 Å². The molecule has 0 unspecified atom stereocenters. The van der Waals surface area contributed by atoms with E-state index >= 15 is 0 Å². The van der Waals surface area contributed by atoms with Crippen LogP contribution < -0.4 is 20.4 Å². The van der Waals surface area contributed by atoms with E-state index in [9.17, 15) is 13.0 Å². The van der Waals surface area contributed by atoms with Crippen molar-refractivity contribution in [2.45, 2.75) is 44.7 Å². The summed E-state index contributed by atoms with van der Waals surface area (Å²) in [4.78, 5) is 18.2. The van der Waals surface area contributed by atoms with Gasteiger partial charge in [-0.2, -0.15) is 23.4 Å². The van der Waals surface area contributed by atoms with Crippen LogP contribution in [-0.2, 0) is 31.3 Å². The Morgan fingerprint density at radius 1 is 0.678 bits per heavy atom. The van der Waals surface area contributed by atoms with Gasteiger partial charge in [0.05, 0.1) is 11.4 Å². The van der Waals surface area contributed by atoms with Crippen molar-refractivity contribution < 1.29 is 38.2 Å². The van der Waals surface area contributed by atoms with E-state index in [1.54, 1.807) is 6.07 Å². The van der Waals surface area contributed by atoms with Gasteiger partial charge in [0.2, 0.25) is 11.9 Å². The molecule has 20 nitrogen and oxygen atoms in total. The number of anilines is 6. The van der Waals surface area contributed by atoms with E-state index < -0.39 is 31.3 Å². The lowest BCUT2D eigenvalue weighted by Gasteiger charge is -2.22. The van der Waals surface area contributed by atoms with Crippen LogP contribution in [0.15, 0.2) is 95.9 Å². The summed E-state index contributed by atoms with van der Waals surface area (Å²) in [5.41, 5.74) is 4.18. The Hall–Kier alpha value is -5.25. The smallest absolute Gasteiger partial charge is 0.372 e. The van der Waals surface area contributed by atoms with Gasteiger partial charge in [0, 0.05) is 37.6 Å². The van der Waals surface area contributed by atoms with Crippen LogP contribution in [0.3, 0.4) is 0 Å². The number of azo groups is 2. The molecule has 0 aliphatic heterocycles. The van der Waals surface area contributed by atoms with Crippen molar-refractivity contribution in [2.24, 2.45) is 20.5 Å². The summed E-state index contributed by atoms with van der Waals surface area (Å²) in [5.74, 6) is 1.29. The van der Waals surface area contributed by atoms with E-state index in [-0.39, 0.29) is 15.8 Å². The Kier molecular flexibility index (Phi) is 19.6. The van der Waals surface area contributed by atoms with Crippen LogP contribution in [-0.4, -0.2) is 85.1 Å². The van der Waals surface area contributed by atoms with Crippen molar-refractivity contribution in [1.29, 1.82) is 0 Å². The van der Waals surface area contributed by atoms with E-state index in [1.165, 1.54) is 34.5 Å². The lowest BCUT2D eigenvalue weighted by atomic mass is 10.2. The Morgan fingerprint density at radius 2 is 1.17 bits per heavy atom. The normalized spacial score (nSPS) is 11.0. The number of nitrogens with zero attached hydrogens (tertiary/aromatic N) is 9. The summed E-state index contributed by atoms with van der Waals surface area (Å²) in [5, 5.41) is 29.0. The molecule has 3 aromatic heterocycles. The molecule has 0 saturated heterocycles. The fraction of sp³-hybridized carbons (Fsp3) is 0.303. The van der Waals surface area contributed by atoms with Crippen molar-refractivity contribution in [2.75, 3.05) is 52.4 Å². The van der Waals surface area contributed by atoms with Gasteiger partial charge in [-0.05, 0) is 98.8 Å². The lowest BCUT2D eigenvalue weighted by molar-refractivity contribution is 0.483. The molecule has 3 heterocycles. The molecule has 2 aromatic carbocycles. The molecule has 0 bridgehead atoms. The molecule has 0 spiro atoms. The Bertz CT molecular complexity index is 2510. The molecule has 0 atom stereocenters. The van der Waals surface area contributed by atoms with Crippen molar-refractivity contribution in [3.63, 3.8) is 0 Å². The van der Waals surface area contributed by atoms with Gasteiger partial charge >= 0.3 is 21.2 Å². The molecular formula is C33H39N11O9S6. The molecule has 5 rings (SSSR count). The minimum atomic E-state index is -4.46. The summed E-state index contributed by atoms with van der Waals surface area (Å²) in [6.07, 6.45) is 0. The van der Waals surface area contributed by atoms with Crippen molar-refractivity contribution in [1.82, 2.24) is 15.0 Å². The van der Waals surface area contributed by atoms with Crippen LogP contribution in [0.4, 0.5) is 56.0 Å². The molecule has 0 radical (unpaired) electrons. The first-order valence-electron chi connectivity index (χ1n) is 17.3. The molecule has 316 valence electrons. The highest BCUT2D eigenvalue weighted by atomic mass is 32.2. The minimum Gasteiger partial charge on any atom is -0.372 e. The largest absolute Gasteiger partial charge is 0.425 e. The summed E-state index contributed by atoms with van der Waals surface area (Å²) in [7, 11) is -10.7. The Labute approximate surface area is 355 Å². The van der Waals surface area contributed by atoms with Crippen LogP contribution in [0.2, 0.25) is 0 Å². The Morgan fingerprint density at radius 3 is 1.59 bits per heavy atom. The molecule has 0 aliphatic rings. The maximum absolute atomic E-state index is 11.9. The molecule has 0 amide bonds.